The summed E-state index contributed by atoms with van der Waals surface area (Å²) in [7, 11) is 0. The van der Waals surface area contributed by atoms with Gasteiger partial charge in [-0.3, -0.25) is 0 Å². The minimum atomic E-state index is 0.384. The molecule has 0 radical (unpaired) electrons. The van der Waals surface area contributed by atoms with Gasteiger partial charge in [0.2, 0.25) is 0 Å². The molecule has 1 aliphatic rings. The van der Waals surface area contributed by atoms with Gasteiger partial charge in [0.25, 0.3) is 0 Å². The molecule has 0 aromatic heterocycles. The molecule has 0 fully saturated rings. The highest BCUT2D eigenvalue weighted by Crippen LogP contribution is 2.27. The quantitative estimate of drug-likeness (QED) is 0.720. The highest BCUT2D eigenvalue weighted by atomic mass is 35.5. The zero-order chi connectivity index (χ0) is 17.8. The van der Waals surface area contributed by atoms with Crippen LogP contribution in [-0.4, -0.2) is 21.5 Å². The Morgan fingerprint density at radius 1 is 1.20 bits per heavy atom. The Bertz CT molecular complexity index is 757. The largest absolute Gasteiger partial charge is 0.508 e. The van der Waals surface area contributed by atoms with E-state index in [4.69, 9.17) is 23.8 Å². The summed E-state index contributed by atoms with van der Waals surface area (Å²) in [5, 5.41) is 10.8. The molecule has 1 aliphatic heterocycles. The Morgan fingerprint density at radius 3 is 2.72 bits per heavy atom. The van der Waals surface area contributed by atoms with Crippen LogP contribution in [0.5, 0.6) is 5.75 Å². The average molecular weight is 374 g/mol. The van der Waals surface area contributed by atoms with E-state index in [9.17, 15) is 5.11 Å². The van der Waals surface area contributed by atoms with E-state index in [1.807, 2.05) is 25.1 Å². The van der Waals surface area contributed by atoms with E-state index in [2.05, 4.69) is 23.1 Å². The van der Waals surface area contributed by atoms with Gasteiger partial charge in [0.05, 0.1) is 4.99 Å². The first-order chi connectivity index (χ1) is 12.0. The average Bonchev–Trinajstić information content (AvgIpc) is 2.79. The minimum absolute atomic E-state index is 0.384. The normalized spacial score (nSPS) is 14.1. The number of hydrogen-bond acceptors (Lipinski definition) is 2. The molecular formula is C21H24ClNOS. The summed E-state index contributed by atoms with van der Waals surface area (Å²) in [5.41, 5.74) is 4.81. The Labute approximate surface area is 160 Å². The highest BCUT2D eigenvalue weighted by Gasteiger charge is 2.17. The van der Waals surface area contributed by atoms with Crippen LogP contribution < -0.4 is 0 Å². The predicted molar refractivity (Wildman–Crippen MR) is 109 cm³/mol. The fourth-order valence-corrected chi connectivity index (χ4v) is 3.82. The summed E-state index contributed by atoms with van der Waals surface area (Å²) in [6.07, 6.45) is 5.14. The zero-order valence-corrected chi connectivity index (χ0v) is 16.2. The van der Waals surface area contributed by atoms with Crippen LogP contribution in [0.25, 0.3) is 0 Å². The van der Waals surface area contributed by atoms with Gasteiger partial charge in [0, 0.05) is 18.1 Å². The van der Waals surface area contributed by atoms with Crippen molar-refractivity contribution in [2.75, 3.05) is 6.54 Å². The van der Waals surface area contributed by atoms with Crippen LogP contribution in [-0.2, 0) is 19.4 Å². The van der Waals surface area contributed by atoms with Crippen LogP contribution in [0, 0.1) is 6.92 Å². The number of fused-ring (bicyclic) bond motifs is 1. The second-order valence-electron chi connectivity index (χ2n) is 6.81. The van der Waals surface area contributed by atoms with E-state index >= 15 is 0 Å². The molecular weight excluding hydrogens is 350 g/mol. The molecule has 4 heteroatoms. The van der Waals surface area contributed by atoms with Crippen molar-refractivity contribution in [1.29, 1.82) is 0 Å². The molecule has 2 aromatic rings. The third-order valence-corrected chi connectivity index (χ3v) is 5.59. The van der Waals surface area contributed by atoms with Crippen molar-refractivity contribution in [3.05, 3.63) is 63.7 Å². The van der Waals surface area contributed by atoms with Gasteiger partial charge >= 0.3 is 0 Å². The third-order valence-electron chi connectivity index (χ3n) is 4.88. The Morgan fingerprint density at radius 2 is 1.96 bits per heavy atom. The van der Waals surface area contributed by atoms with Crippen molar-refractivity contribution in [3.8, 4) is 5.75 Å². The standard InChI is InChI=1S/C21H24ClNOS/c1-15-12-17-5-3-11-23(14-18(17)13-20(15)24)21(25)6-2-4-16-7-9-19(22)10-8-16/h7-10,12-13,24H,2-6,11,14H2,1H3. The predicted octanol–water partition coefficient (Wildman–Crippen LogP) is 5.45. The van der Waals surface area contributed by atoms with Gasteiger partial charge in [-0.15, -0.1) is 0 Å². The van der Waals surface area contributed by atoms with Gasteiger partial charge in [-0.2, -0.15) is 0 Å². The number of phenols is 1. The summed E-state index contributed by atoms with van der Waals surface area (Å²) in [6.45, 7) is 3.76. The Balaban J connectivity index is 1.58. The molecule has 0 unspecified atom stereocenters. The maximum Gasteiger partial charge on any atom is 0.118 e. The van der Waals surface area contributed by atoms with Crippen LogP contribution >= 0.6 is 23.8 Å². The molecule has 1 N–H and O–H groups in total. The van der Waals surface area contributed by atoms with E-state index in [1.54, 1.807) is 0 Å². The first kappa shape index (κ1) is 18.2. The fourth-order valence-electron chi connectivity index (χ4n) is 3.39. The molecule has 0 aliphatic carbocycles. The molecule has 0 atom stereocenters. The van der Waals surface area contributed by atoms with Crippen molar-refractivity contribution < 1.29 is 5.11 Å². The van der Waals surface area contributed by atoms with Gasteiger partial charge in [0.1, 0.15) is 5.75 Å². The van der Waals surface area contributed by atoms with E-state index in [0.29, 0.717) is 5.75 Å². The number of hydrogen-bond donors (Lipinski definition) is 1. The lowest BCUT2D eigenvalue weighted by Gasteiger charge is -2.24. The number of aryl methyl sites for hydroxylation is 3. The van der Waals surface area contributed by atoms with Crippen molar-refractivity contribution in [2.45, 2.75) is 45.6 Å². The van der Waals surface area contributed by atoms with Crippen LogP contribution in [0.15, 0.2) is 36.4 Å². The van der Waals surface area contributed by atoms with E-state index in [0.717, 1.165) is 60.8 Å². The lowest BCUT2D eigenvalue weighted by molar-refractivity contribution is 0.413. The lowest BCUT2D eigenvalue weighted by Crippen LogP contribution is -2.29. The Kier molecular flexibility index (Phi) is 5.98. The SMILES string of the molecule is Cc1cc2c(cc1O)CN(C(=S)CCCc1ccc(Cl)cc1)CCC2. The minimum Gasteiger partial charge on any atom is -0.508 e. The summed E-state index contributed by atoms with van der Waals surface area (Å²) in [4.78, 5) is 3.33. The van der Waals surface area contributed by atoms with Gasteiger partial charge in [0.15, 0.2) is 0 Å². The van der Waals surface area contributed by atoms with Gasteiger partial charge in [-0.1, -0.05) is 42.0 Å². The highest BCUT2D eigenvalue weighted by molar-refractivity contribution is 7.80. The number of rotatable bonds is 4. The second-order valence-corrected chi connectivity index (χ2v) is 7.71. The van der Waals surface area contributed by atoms with Gasteiger partial charge in [-0.25, -0.2) is 0 Å². The first-order valence-corrected chi connectivity index (χ1v) is 9.65. The van der Waals surface area contributed by atoms with Crippen molar-refractivity contribution in [1.82, 2.24) is 4.90 Å². The topological polar surface area (TPSA) is 23.5 Å². The zero-order valence-electron chi connectivity index (χ0n) is 14.6. The van der Waals surface area contributed by atoms with Crippen LogP contribution in [0.3, 0.4) is 0 Å². The molecule has 0 amide bonds. The van der Waals surface area contributed by atoms with Crippen molar-refractivity contribution in [3.63, 3.8) is 0 Å². The lowest BCUT2D eigenvalue weighted by atomic mass is 10.0. The smallest absolute Gasteiger partial charge is 0.118 e. The van der Waals surface area contributed by atoms with Crippen molar-refractivity contribution >= 4 is 28.8 Å². The molecule has 0 spiro atoms. The summed E-state index contributed by atoms with van der Waals surface area (Å²) in [5.74, 6) is 0.384. The van der Waals surface area contributed by atoms with Crippen LogP contribution in [0.4, 0.5) is 0 Å². The number of halogens is 1. The number of thiocarbonyl (C=S) groups is 1. The molecule has 0 bridgehead atoms. The molecule has 132 valence electrons. The van der Waals surface area contributed by atoms with Crippen LogP contribution in [0.2, 0.25) is 5.02 Å². The van der Waals surface area contributed by atoms with E-state index in [-0.39, 0.29) is 0 Å². The van der Waals surface area contributed by atoms with Gasteiger partial charge in [-0.05, 0) is 79.5 Å². The molecule has 2 aromatic carbocycles. The number of benzene rings is 2. The fraction of sp³-hybridized carbons (Fsp3) is 0.381. The second kappa shape index (κ2) is 8.20. The molecule has 0 saturated heterocycles. The third kappa shape index (κ3) is 4.74. The number of aromatic hydroxyl groups is 1. The molecule has 1 heterocycles. The summed E-state index contributed by atoms with van der Waals surface area (Å²) < 4.78 is 0. The maximum atomic E-state index is 10.0. The van der Waals surface area contributed by atoms with Gasteiger partial charge < -0.3 is 10.0 Å². The summed E-state index contributed by atoms with van der Waals surface area (Å²) >= 11 is 11.6. The van der Waals surface area contributed by atoms with E-state index in [1.165, 1.54) is 16.7 Å². The van der Waals surface area contributed by atoms with E-state index < -0.39 is 0 Å². The molecule has 0 saturated carbocycles. The monoisotopic (exact) mass is 373 g/mol. The summed E-state index contributed by atoms with van der Waals surface area (Å²) in [6, 6.07) is 12.1. The first-order valence-electron chi connectivity index (χ1n) is 8.86. The Hall–Kier alpha value is -1.58. The molecule has 25 heavy (non-hydrogen) atoms. The maximum absolute atomic E-state index is 10.0. The van der Waals surface area contributed by atoms with Crippen LogP contribution in [0.1, 0.15) is 41.5 Å². The molecule has 3 rings (SSSR count). The molecule has 2 nitrogen and oxygen atoms in total. The number of nitrogens with zero attached hydrogens (tertiary/aromatic N) is 1. The number of phenolic OH excluding ortho intramolecular Hbond substituents is 1. The van der Waals surface area contributed by atoms with Crippen molar-refractivity contribution in [2.24, 2.45) is 0 Å².